The lowest BCUT2D eigenvalue weighted by molar-refractivity contribution is -0.0777. The number of hydrogen-bond acceptors (Lipinski definition) is 8. The number of benzene rings is 2. The molecule has 2 aliphatic rings. The molecule has 234 valence electrons. The van der Waals surface area contributed by atoms with Crippen LogP contribution < -0.4 is 15.0 Å². The largest absolute Gasteiger partial charge is 0.490 e. The van der Waals surface area contributed by atoms with Crippen molar-refractivity contribution in [3.63, 3.8) is 0 Å². The third kappa shape index (κ3) is 9.66. The van der Waals surface area contributed by atoms with E-state index in [4.69, 9.17) is 23.7 Å². The number of aliphatic hydroxyl groups is 1. The average molecular weight is 585 g/mol. The predicted octanol–water partition coefficient (Wildman–Crippen LogP) is 5.06. The third-order valence-corrected chi connectivity index (χ3v) is 8.22. The minimum atomic E-state index is -0.469. The summed E-state index contributed by atoms with van der Waals surface area (Å²) in [5, 5.41) is 13.7. The van der Waals surface area contributed by atoms with Crippen LogP contribution in [0.1, 0.15) is 68.6 Å². The van der Waals surface area contributed by atoms with Crippen molar-refractivity contribution in [3.05, 3.63) is 59.2 Å². The van der Waals surface area contributed by atoms with E-state index in [1.165, 1.54) is 24.0 Å². The molecule has 0 bridgehead atoms. The van der Waals surface area contributed by atoms with Gasteiger partial charge in [0.25, 0.3) is 0 Å². The first-order valence-corrected chi connectivity index (χ1v) is 15.9. The summed E-state index contributed by atoms with van der Waals surface area (Å²) in [5.74, 6) is 0.971. The highest BCUT2D eigenvalue weighted by Crippen LogP contribution is 2.34. The summed E-state index contributed by atoms with van der Waals surface area (Å²) in [6, 6.07) is 15.1. The number of fused-ring (bicyclic) bond motifs is 1. The molecule has 0 aliphatic carbocycles. The maximum atomic E-state index is 10.2. The zero-order chi connectivity index (χ0) is 29.6. The van der Waals surface area contributed by atoms with Gasteiger partial charge in [-0.3, -0.25) is 0 Å². The van der Waals surface area contributed by atoms with E-state index in [1.807, 2.05) is 6.92 Å². The van der Waals surface area contributed by atoms with Crippen LogP contribution in [-0.2, 0) is 32.2 Å². The Kier molecular flexibility index (Phi) is 13.9. The topological polar surface area (TPSA) is 81.7 Å². The van der Waals surface area contributed by atoms with E-state index in [0.717, 1.165) is 69.2 Å². The summed E-state index contributed by atoms with van der Waals surface area (Å²) in [4.78, 5) is 2.38. The Hall–Kier alpha value is -2.20. The van der Waals surface area contributed by atoms with Gasteiger partial charge in [-0.05, 0) is 48.1 Å². The van der Waals surface area contributed by atoms with Gasteiger partial charge >= 0.3 is 0 Å². The van der Waals surface area contributed by atoms with Crippen LogP contribution >= 0.6 is 0 Å². The van der Waals surface area contributed by atoms with E-state index in [2.05, 4.69) is 59.6 Å². The second-order valence-electron chi connectivity index (χ2n) is 11.5. The molecule has 2 unspecified atom stereocenters. The molecule has 42 heavy (non-hydrogen) atoms. The van der Waals surface area contributed by atoms with E-state index in [1.54, 1.807) is 7.11 Å². The fourth-order valence-electron chi connectivity index (χ4n) is 5.69. The van der Waals surface area contributed by atoms with E-state index in [0.29, 0.717) is 32.8 Å². The van der Waals surface area contributed by atoms with E-state index in [9.17, 15) is 5.11 Å². The average Bonchev–Trinajstić information content (AvgIpc) is 3.03. The normalized spacial score (nSPS) is 21.1. The van der Waals surface area contributed by atoms with Crippen LogP contribution in [0.2, 0.25) is 0 Å². The van der Waals surface area contributed by atoms with Gasteiger partial charge in [-0.2, -0.15) is 0 Å². The van der Waals surface area contributed by atoms with Crippen molar-refractivity contribution in [2.75, 3.05) is 64.6 Å². The van der Waals surface area contributed by atoms with Gasteiger partial charge in [0.05, 0.1) is 50.4 Å². The van der Waals surface area contributed by atoms with E-state index < -0.39 is 6.10 Å². The van der Waals surface area contributed by atoms with Gasteiger partial charge in [0.15, 0.2) is 0 Å². The molecule has 0 aromatic heterocycles. The zero-order valence-corrected chi connectivity index (χ0v) is 25.9. The van der Waals surface area contributed by atoms with Crippen LogP contribution in [0, 0.1) is 0 Å². The van der Waals surface area contributed by atoms with E-state index in [-0.39, 0.29) is 18.1 Å². The van der Waals surface area contributed by atoms with Crippen molar-refractivity contribution < 1.29 is 28.8 Å². The van der Waals surface area contributed by atoms with Crippen molar-refractivity contribution in [1.29, 1.82) is 0 Å². The van der Waals surface area contributed by atoms with Crippen molar-refractivity contribution in [3.8, 4) is 5.75 Å². The third-order valence-electron chi connectivity index (χ3n) is 8.22. The number of ether oxygens (including phenoxy) is 5. The molecule has 2 N–H and O–H groups in total. The highest BCUT2D eigenvalue weighted by atomic mass is 16.5. The number of unbranched alkanes of at least 4 members (excludes halogenated alkanes) is 2. The van der Waals surface area contributed by atoms with Crippen LogP contribution in [0.5, 0.6) is 5.75 Å². The number of hydrogen-bond donors (Lipinski definition) is 2. The van der Waals surface area contributed by atoms with Crippen LogP contribution in [0.3, 0.4) is 0 Å². The molecule has 2 aliphatic heterocycles. The minimum Gasteiger partial charge on any atom is -0.490 e. The Morgan fingerprint density at radius 1 is 0.952 bits per heavy atom. The molecule has 1 saturated heterocycles. The number of rotatable bonds is 18. The van der Waals surface area contributed by atoms with Gasteiger partial charge < -0.3 is 39.0 Å². The summed E-state index contributed by atoms with van der Waals surface area (Å²) >= 11 is 0. The summed E-state index contributed by atoms with van der Waals surface area (Å²) in [7, 11) is 1.75. The monoisotopic (exact) mass is 584 g/mol. The summed E-state index contributed by atoms with van der Waals surface area (Å²) in [5.41, 5.74) is 4.61. The quantitative estimate of drug-likeness (QED) is 0.236. The van der Waals surface area contributed by atoms with Crippen LogP contribution in [0.15, 0.2) is 42.5 Å². The molecule has 4 atom stereocenters. The summed E-state index contributed by atoms with van der Waals surface area (Å²) in [6.45, 7) is 11.1. The molecule has 0 spiro atoms. The highest BCUT2D eigenvalue weighted by molar-refractivity contribution is 5.61. The van der Waals surface area contributed by atoms with Gasteiger partial charge in [0, 0.05) is 45.9 Å². The Labute approximate surface area is 252 Å². The molecule has 2 aromatic carbocycles. The Bertz CT molecular complexity index is 1040. The van der Waals surface area contributed by atoms with E-state index >= 15 is 0 Å². The lowest BCUT2D eigenvalue weighted by atomic mass is 9.85. The number of nitrogens with zero attached hydrogens (tertiary/aromatic N) is 1. The molecule has 1 fully saturated rings. The number of anilines is 1. The molecule has 0 saturated carbocycles. The molecule has 2 heterocycles. The maximum absolute atomic E-state index is 10.2. The molecule has 8 heteroatoms. The second kappa shape index (κ2) is 17.8. The molecular formula is C34H52N2O6. The minimum absolute atomic E-state index is 0.0429. The first-order valence-electron chi connectivity index (χ1n) is 15.9. The first kappa shape index (κ1) is 32.7. The van der Waals surface area contributed by atoms with Crippen LogP contribution in [-0.4, -0.2) is 83.1 Å². The Morgan fingerprint density at radius 3 is 2.50 bits per heavy atom. The fourth-order valence-corrected chi connectivity index (χ4v) is 5.69. The highest BCUT2D eigenvalue weighted by Gasteiger charge is 2.36. The molecular weight excluding hydrogens is 532 g/mol. The first-order chi connectivity index (χ1) is 20.6. The van der Waals surface area contributed by atoms with Crippen molar-refractivity contribution in [1.82, 2.24) is 5.32 Å². The fraction of sp³-hybridized carbons (Fsp3) is 0.647. The van der Waals surface area contributed by atoms with Crippen molar-refractivity contribution in [2.24, 2.45) is 0 Å². The SMILES string of the molecule is CCCCCOCc1ccc(C2[C@@H](OCc3ccc4c(c3)N(CCCOC)CCO4)CNC[C@H]2OCC(O)CC)cc1. The molecule has 0 amide bonds. The van der Waals surface area contributed by atoms with Crippen molar-refractivity contribution >= 4 is 5.69 Å². The standard InChI is InChI=1S/C34H52N2O6/c1-4-6-7-18-39-23-26-9-12-28(13-10-26)34-32(21-35-22-33(34)42-25-29(37)5-2)41-24-27-11-14-31-30(20-27)36(16-19-40-31)15-8-17-38-3/h9-14,20,29,32-35,37H,4-8,15-19,21-25H2,1-3H3/t29?,32-,33+,34?/m0/s1. The second-order valence-corrected chi connectivity index (χ2v) is 11.5. The Morgan fingerprint density at radius 2 is 1.74 bits per heavy atom. The van der Waals surface area contributed by atoms with Crippen LogP contribution in [0.25, 0.3) is 0 Å². The summed E-state index contributed by atoms with van der Waals surface area (Å²) in [6.07, 6.45) is 4.50. The maximum Gasteiger partial charge on any atom is 0.142 e. The van der Waals surface area contributed by atoms with Gasteiger partial charge in [-0.15, -0.1) is 0 Å². The molecule has 2 aromatic rings. The number of aliphatic hydroxyl groups excluding tert-OH is 1. The molecule has 0 radical (unpaired) electrons. The summed E-state index contributed by atoms with van der Waals surface area (Å²) < 4.78 is 30.0. The predicted molar refractivity (Wildman–Crippen MR) is 166 cm³/mol. The lowest BCUT2D eigenvalue weighted by Crippen LogP contribution is -2.51. The lowest BCUT2D eigenvalue weighted by Gasteiger charge is -2.39. The molecule has 8 nitrogen and oxygen atoms in total. The molecule has 4 rings (SSSR count). The number of nitrogens with one attached hydrogen (secondary N) is 1. The van der Waals surface area contributed by atoms with Gasteiger partial charge in [0.2, 0.25) is 0 Å². The smallest absolute Gasteiger partial charge is 0.142 e. The number of methoxy groups -OCH3 is 1. The van der Waals surface area contributed by atoms with Gasteiger partial charge in [0.1, 0.15) is 12.4 Å². The van der Waals surface area contributed by atoms with Crippen molar-refractivity contribution in [2.45, 2.75) is 83.4 Å². The van der Waals surface area contributed by atoms with Gasteiger partial charge in [-0.25, -0.2) is 0 Å². The van der Waals surface area contributed by atoms with Gasteiger partial charge in [-0.1, -0.05) is 57.0 Å². The van der Waals surface area contributed by atoms with Crippen LogP contribution in [0.4, 0.5) is 5.69 Å². The zero-order valence-electron chi connectivity index (χ0n) is 25.9. The number of piperidine rings is 1. The Balaban J connectivity index is 1.44.